The van der Waals surface area contributed by atoms with Crippen molar-refractivity contribution in [2.24, 2.45) is 0 Å². The zero-order chi connectivity index (χ0) is 19.1. The van der Waals surface area contributed by atoms with Crippen molar-refractivity contribution in [3.63, 3.8) is 0 Å². The minimum Gasteiger partial charge on any atom is -0.345 e. The largest absolute Gasteiger partial charge is 0.345 e. The first-order valence-electron chi connectivity index (χ1n) is 9.84. The summed E-state index contributed by atoms with van der Waals surface area (Å²) in [6.07, 6.45) is 5.15. The quantitative estimate of drug-likeness (QED) is 0.716. The van der Waals surface area contributed by atoms with Crippen LogP contribution in [0.5, 0.6) is 0 Å². The van der Waals surface area contributed by atoms with E-state index in [0.717, 1.165) is 41.0 Å². The average molecular weight is 365 g/mol. The van der Waals surface area contributed by atoms with E-state index < -0.39 is 0 Å². The fourth-order valence-electron chi connectivity index (χ4n) is 3.96. The number of rotatable bonds is 6. The maximum Gasteiger partial charge on any atom is 0.251 e. The molecular weight excluding hydrogens is 338 g/mol. The van der Waals surface area contributed by atoms with Gasteiger partial charge in [-0.05, 0) is 58.2 Å². The first-order chi connectivity index (χ1) is 13.0. The summed E-state index contributed by atoms with van der Waals surface area (Å²) in [5, 5.41) is 7.79. The second kappa shape index (κ2) is 6.83. The van der Waals surface area contributed by atoms with E-state index in [9.17, 15) is 4.79 Å². The summed E-state index contributed by atoms with van der Waals surface area (Å²) in [7, 11) is 0. The molecule has 1 saturated carbocycles. The lowest BCUT2D eigenvalue weighted by Gasteiger charge is -2.18. The van der Waals surface area contributed by atoms with Crippen LogP contribution < -0.4 is 5.32 Å². The van der Waals surface area contributed by atoms with Gasteiger partial charge < -0.3 is 9.88 Å². The molecule has 1 N–H and O–H groups in total. The lowest BCUT2D eigenvalue weighted by Crippen LogP contribution is -2.29. The predicted molar refractivity (Wildman–Crippen MR) is 106 cm³/mol. The maximum atomic E-state index is 12.9. The smallest absolute Gasteiger partial charge is 0.251 e. The summed E-state index contributed by atoms with van der Waals surface area (Å²) in [6, 6.07) is 6.35. The summed E-state index contributed by atoms with van der Waals surface area (Å²) in [4.78, 5) is 17.4. The number of aromatic nitrogens is 4. The molecule has 1 fully saturated rings. The number of aryl methyl sites for hydroxylation is 2. The summed E-state index contributed by atoms with van der Waals surface area (Å²) < 4.78 is 4.22. The zero-order valence-corrected chi connectivity index (χ0v) is 16.5. The Balaban J connectivity index is 1.59. The lowest BCUT2D eigenvalue weighted by atomic mass is 10.0. The van der Waals surface area contributed by atoms with Crippen LogP contribution in [0.25, 0.3) is 11.0 Å². The number of nitrogens with zero attached hydrogens (tertiary/aromatic N) is 4. The fraction of sp³-hybridized carbons (Fsp3) is 0.476. The van der Waals surface area contributed by atoms with Crippen molar-refractivity contribution >= 4 is 16.9 Å². The molecule has 2 heterocycles. The second-order valence-electron chi connectivity index (χ2n) is 7.42. The van der Waals surface area contributed by atoms with Gasteiger partial charge in [-0.3, -0.25) is 9.48 Å². The van der Waals surface area contributed by atoms with Crippen LogP contribution in [0.4, 0.5) is 0 Å². The van der Waals surface area contributed by atoms with Crippen molar-refractivity contribution in [2.45, 2.75) is 65.6 Å². The first kappa shape index (κ1) is 17.8. The molecule has 3 aromatic rings. The number of imidazole rings is 1. The third-order valence-electron chi connectivity index (χ3n) is 5.58. The topological polar surface area (TPSA) is 64.7 Å². The fourth-order valence-corrected chi connectivity index (χ4v) is 3.96. The van der Waals surface area contributed by atoms with Gasteiger partial charge in [0.05, 0.1) is 29.1 Å². The van der Waals surface area contributed by atoms with Gasteiger partial charge in [-0.15, -0.1) is 0 Å². The second-order valence-corrected chi connectivity index (χ2v) is 7.42. The van der Waals surface area contributed by atoms with Crippen LogP contribution >= 0.6 is 0 Å². The van der Waals surface area contributed by atoms with Gasteiger partial charge in [0.2, 0.25) is 0 Å². The van der Waals surface area contributed by atoms with E-state index in [0.29, 0.717) is 11.6 Å². The first-order valence-corrected chi connectivity index (χ1v) is 9.84. The van der Waals surface area contributed by atoms with Gasteiger partial charge in [-0.2, -0.15) is 5.10 Å². The van der Waals surface area contributed by atoms with Crippen molar-refractivity contribution in [1.82, 2.24) is 24.6 Å². The summed E-state index contributed by atoms with van der Waals surface area (Å²) in [6.45, 7) is 9.09. The van der Waals surface area contributed by atoms with Crippen LogP contribution in [0.3, 0.4) is 0 Å². The maximum absolute atomic E-state index is 12.9. The number of carbonyl (C=O) groups is 1. The van der Waals surface area contributed by atoms with Gasteiger partial charge in [-0.1, -0.05) is 6.92 Å². The van der Waals surface area contributed by atoms with Gasteiger partial charge in [0, 0.05) is 29.4 Å². The predicted octanol–water partition coefficient (Wildman–Crippen LogP) is 4.09. The van der Waals surface area contributed by atoms with Gasteiger partial charge in [0.1, 0.15) is 0 Å². The Morgan fingerprint density at radius 3 is 2.70 bits per heavy atom. The molecule has 0 spiro atoms. The Kier molecular flexibility index (Phi) is 4.50. The van der Waals surface area contributed by atoms with E-state index in [-0.39, 0.29) is 11.9 Å². The Labute approximate surface area is 159 Å². The van der Waals surface area contributed by atoms with E-state index in [1.165, 1.54) is 12.8 Å². The molecule has 27 heavy (non-hydrogen) atoms. The molecule has 0 bridgehead atoms. The molecule has 0 aliphatic heterocycles. The normalized spacial score (nSPS) is 15.3. The van der Waals surface area contributed by atoms with Gasteiger partial charge in [0.25, 0.3) is 5.91 Å². The molecule has 6 nitrogen and oxygen atoms in total. The standard InChI is InChI=1S/C21H27N5O/c1-5-17(20-13(3)24-26(6-2)14(20)4)23-21(27)15-7-10-19-18(11-15)22-12-25(19)16-8-9-16/h7,10-12,16-17H,5-6,8-9H2,1-4H3,(H,23,27)/t17-/m1/s1. The molecule has 142 valence electrons. The highest BCUT2D eigenvalue weighted by molar-refractivity contribution is 5.97. The van der Waals surface area contributed by atoms with Crippen LogP contribution in [0.1, 0.15) is 72.5 Å². The molecule has 4 rings (SSSR count). The molecule has 1 aliphatic carbocycles. The molecule has 1 aromatic carbocycles. The van der Waals surface area contributed by atoms with Crippen LogP contribution in [0, 0.1) is 13.8 Å². The van der Waals surface area contributed by atoms with Gasteiger partial charge in [0.15, 0.2) is 0 Å². The van der Waals surface area contributed by atoms with E-state index in [1.807, 2.05) is 36.1 Å². The molecule has 1 amide bonds. The molecule has 1 aliphatic rings. The third-order valence-corrected chi connectivity index (χ3v) is 5.58. The Morgan fingerprint density at radius 1 is 1.30 bits per heavy atom. The van der Waals surface area contributed by atoms with E-state index >= 15 is 0 Å². The number of nitrogens with one attached hydrogen (secondary N) is 1. The zero-order valence-electron chi connectivity index (χ0n) is 16.5. The van der Waals surface area contributed by atoms with Gasteiger partial charge >= 0.3 is 0 Å². The van der Waals surface area contributed by atoms with E-state index in [1.54, 1.807) is 0 Å². The number of amides is 1. The molecule has 6 heteroatoms. The Morgan fingerprint density at radius 2 is 2.07 bits per heavy atom. The number of hydrogen-bond acceptors (Lipinski definition) is 3. The summed E-state index contributed by atoms with van der Waals surface area (Å²) in [5.74, 6) is -0.0622. The molecule has 2 aromatic heterocycles. The summed E-state index contributed by atoms with van der Waals surface area (Å²) >= 11 is 0. The van der Waals surface area contributed by atoms with E-state index in [4.69, 9.17) is 0 Å². The summed E-state index contributed by atoms with van der Waals surface area (Å²) in [5.41, 5.74) is 5.89. The van der Waals surface area contributed by atoms with Crippen molar-refractivity contribution in [3.05, 3.63) is 47.0 Å². The van der Waals surface area contributed by atoms with Crippen molar-refractivity contribution in [2.75, 3.05) is 0 Å². The van der Waals surface area contributed by atoms with Crippen molar-refractivity contribution in [3.8, 4) is 0 Å². The molecule has 0 unspecified atom stereocenters. The molecular formula is C21H27N5O. The van der Waals surface area contributed by atoms with Crippen LogP contribution in [-0.4, -0.2) is 25.2 Å². The van der Waals surface area contributed by atoms with Crippen molar-refractivity contribution in [1.29, 1.82) is 0 Å². The van der Waals surface area contributed by atoms with E-state index in [2.05, 4.69) is 40.7 Å². The monoisotopic (exact) mass is 365 g/mol. The minimum atomic E-state index is -0.0622. The van der Waals surface area contributed by atoms with Crippen LogP contribution in [-0.2, 0) is 6.54 Å². The molecule has 1 atom stereocenters. The number of hydrogen-bond donors (Lipinski definition) is 1. The van der Waals surface area contributed by atoms with Crippen molar-refractivity contribution < 1.29 is 4.79 Å². The Hall–Kier alpha value is -2.63. The lowest BCUT2D eigenvalue weighted by molar-refractivity contribution is 0.0935. The highest BCUT2D eigenvalue weighted by Crippen LogP contribution is 2.37. The number of fused-ring (bicyclic) bond motifs is 1. The highest BCUT2D eigenvalue weighted by Gasteiger charge is 2.25. The Bertz CT molecular complexity index is 996. The highest BCUT2D eigenvalue weighted by atomic mass is 16.1. The third kappa shape index (κ3) is 3.13. The number of carbonyl (C=O) groups excluding carboxylic acids is 1. The van der Waals surface area contributed by atoms with Crippen LogP contribution in [0.15, 0.2) is 24.5 Å². The molecule has 0 saturated heterocycles. The number of benzene rings is 1. The minimum absolute atomic E-state index is 0.0440. The van der Waals surface area contributed by atoms with Gasteiger partial charge in [-0.25, -0.2) is 4.98 Å². The molecule has 0 radical (unpaired) electrons. The van der Waals surface area contributed by atoms with Crippen LogP contribution in [0.2, 0.25) is 0 Å². The average Bonchev–Trinajstić information content (AvgIpc) is 3.36. The SMILES string of the molecule is CC[C@@H](NC(=O)c1ccc2c(c1)ncn2C1CC1)c1c(C)nn(CC)c1C.